The Labute approximate surface area is 146 Å². The summed E-state index contributed by atoms with van der Waals surface area (Å²) in [6.45, 7) is 2.66. The summed E-state index contributed by atoms with van der Waals surface area (Å²) in [6, 6.07) is 9.77. The van der Waals surface area contributed by atoms with E-state index >= 15 is 0 Å². The maximum atomic E-state index is 13.0. The number of nitrogens with one attached hydrogen (secondary N) is 1. The van der Waals surface area contributed by atoms with Gasteiger partial charge in [-0.1, -0.05) is 12.1 Å². The minimum absolute atomic E-state index is 0.278. The van der Waals surface area contributed by atoms with Gasteiger partial charge >= 0.3 is 0 Å². The number of tetrazole rings is 1. The Morgan fingerprint density at radius 2 is 1.96 bits per heavy atom. The quantitative estimate of drug-likeness (QED) is 0.691. The molecule has 8 heteroatoms. The first-order chi connectivity index (χ1) is 11.7. The van der Waals surface area contributed by atoms with Crippen LogP contribution in [0.25, 0.3) is 11.4 Å². The molecule has 6 nitrogen and oxygen atoms in total. The Hall–Kier alpha value is -2.48. The number of hydrogen-bond donors (Lipinski definition) is 1. The molecule has 0 aliphatic carbocycles. The Morgan fingerprint density at radius 1 is 1.17 bits per heavy atom. The van der Waals surface area contributed by atoms with Crippen LogP contribution >= 0.6 is 15.9 Å². The third-order valence-corrected chi connectivity index (χ3v) is 3.80. The predicted octanol–water partition coefficient (Wildman–Crippen LogP) is 3.75. The lowest BCUT2D eigenvalue weighted by molar-refractivity contribution is 0.267. The van der Waals surface area contributed by atoms with E-state index in [1.165, 1.54) is 12.1 Å². The number of rotatable bonds is 6. The monoisotopic (exact) mass is 392 g/mol. The molecule has 0 fully saturated rings. The molecule has 124 valence electrons. The maximum absolute atomic E-state index is 13.0. The highest BCUT2D eigenvalue weighted by Crippen LogP contribution is 2.39. The summed E-state index contributed by atoms with van der Waals surface area (Å²) in [5, 5.41) is 13.9. The van der Waals surface area contributed by atoms with Crippen LogP contribution in [-0.4, -0.2) is 27.2 Å². The Kier molecular flexibility index (Phi) is 5.05. The van der Waals surface area contributed by atoms with E-state index in [0.717, 1.165) is 11.1 Å². The van der Waals surface area contributed by atoms with Gasteiger partial charge in [-0.25, -0.2) is 4.39 Å². The standard InChI is InChI=1S/C16H14BrFN4O2/c1-2-23-14-8-11(16-19-21-22-20-16)7-13(17)15(14)24-9-10-3-5-12(18)6-4-10/h3-8H,2,9H2,1H3,(H,19,20,21,22). The highest BCUT2D eigenvalue weighted by molar-refractivity contribution is 9.10. The molecule has 0 aliphatic heterocycles. The van der Waals surface area contributed by atoms with Crippen LogP contribution in [0.2, 0.25) is 0 Å². The average molecular weight is 393 g/mol. The molecule has 3 rings (SSSR count). The van der Waals surface area contributed by atoms with Crippen molar-refractivity contribution >= 4 is 15.9 Å². The number of benzene rings is 2. The van der Waals surface area contributed by atoms with Gasteiger partial charge in [0.25, 0.3) is 0 Å². The molecule has 3 aromatic rings. The molecular weight excluding hydrogens is 379 g/mol. The fraction of sp³-hybridized carbons (Fsp3) is 0.188. The van der Waals surface area contributed by atoms with E-state index in [2.05, 4.69) is 36.6 Å². The lowest BCUT2D eigenvalue weighted by Crippen LogP contribution is -2.01. The lowest BCUT2D eigenvalue weighted by Gasteiger charge is -2.15. The zero-order valence-corrected chi connectivity index (χ0v) is 14.4. The van der Waals surface area contributed by atoms with Crippen LogP contribution in [-0.2, 0) is 6.61 Å². The second-order valence-corrected chi connectivity index (χ2v) is 5.72. The molecule has 1 N–H and O–H groups in total. The molecule has 0 saturated carbocycles. The molecule has 0 bridgehead atoms. The van der Waals surface area contributed by atoms with Gasteiger partial charge in [0.15, 0.2) is 11.5 Å². The summed E-state index contributed by atoms with van der Waals surface area (Å²) in [4.78, 5) is 0. The lowest BCUT2D eigenvalue weighted by atomic mass is 10.2. The molecule has 0 atom stereocenters. The summed E-state index contributed by atoms with van der Waals surface area (Å²) in [5.41, 5.74) is 1.60. The van der Waals surface area contributed by atoms with Gasteiger partial charge in [0.1, 0.15) is 12.4 Å². The molecule has 24 heavy (non-hydrogen) atoms. The van der Waals surface area contributed by atoms with Gasteiger partial charge in [0.05, 0.1) is 11.1 Å². The van der Waals surface area contributed by atoms with Crippen LogP contribution in [0.5, 0.6) is 11.5 Å². The van der Waals surface area contributed by atoms with E-state index in [1.54, 1.807) is 18.2 Å². The van der Waals surface area contributed by atoms with E-state index in [4.69, 9.17) is 9.47 Å². The van der Waals surface area contributed by atoms with Crippen LogP contribution in [0.4, 0.5) is 4.39 Å². The van der Waals surface area contributed by atoms with Gasteiger partial charge in [-0.2, -0.15) is 5.21 Å². The number of aromatic amines is 1. The van der Waals surface area contributed by atoms with Gasteiger partial charge in [-0.3, -0.25) is 0 Å². The second-order valence-electron chi connectivity index (χ2n) is 4.87. The van der Waals surface area contributed by atoms with Gasteiger partial charge in [-0.05, 0) is 57.9 Å². The van der Waals surface area contributed by atoms with Gasteiger partial charge in [-0.15, -0.1) is 10.2 Å². The molecule has 1 heterocycles. The number of nitrogens with zero attached hydrogens (tertiary/aromatic N) is 3. The predicted molar refractivity (Wildman–Crippen MR) is 89.2 cm³/mol. The van der Waals surface area contributed by atoms with Crippen molar-refractivity contribution < 1.29 is 13.9 Å². The number of hydrogen-bond acceptors (Lipinski definition) is 5. The summed E-state index contributed by atoms with van der Waals surface area (Å²) >= 11 is 3.49. The zero-order chi connectivity index (χ0) is 16.9. The molecule has 0 saturated heterocycles. The van der Waals surface area contributed by atoms with Crippen molar-refractivity contribution in [3.63, 3.8) is 0 Å². The molecule has 0 spiro atoms. The highest BCUT2D eigenvalue weighted by Gasteiger charge is 2.15. The number of H-pyrrole nitrogens is 1. The topological polar surface area (TPSA) is 72.9 Å². The van der Waals surface area contributed by atoms with Crippen molar-refractivity contribution in [2.75, 3.05) is 6.61 Å². The minimum Gasteiger partial charge on any atom is -0.490 e. The molecule has 0 radical (unpaired) electrons. The van der Waals surface area contributed by atoms with Crippen molar-refractivity contribution in [2.45, 2.75) is 13.5 Å². The van der Waals surface area contributed by atoms with Crippen molar-refractivity contribution in [3.05, 3.63) is 52.3 Å². The zero-order valence-electron chi connectivity index (χ0n) is 12.8. The van der Waals surface area contributed by atoms with Crippen LogP contribution in [0, 0.1) is 5.82 Å². The Balaban J connectivity index is 1.87. The van der Waals surface area contributed by atoms with Crippen molar-refractivity contribution in [1.82, 2.24) is 20.6 Å². The molecule has 0 amide bonds. The van der Waals surface area contributed by atoms with Crippen LogP contribution in [0.15, 0.2) is 40.9 Å². The van der Waals surface area contributed by atoms with E-state index in [0.29, 0.717) is 35.0 Å². The summed E-state index contributed by atoms with van der Waals surface area (Å²) < 4.78 is 25.2. The van der Waals surface area contributed by atoms with Gasteiger partial charge in [0.2, 0.25) is 5.82 Å². The SMILES string of the molecule is CCOc1cc(-c2nn[nH]n2)cc(Br)c1OCc1ccc(F)cc1. The first kappa shape index (κ1) is 16.4. The average Bonchev–Trinajstić information content (AvgIpc) is 3.10. The first-order valence-corrected chi connectivity index (χ1v) is 8.04. The summed E-state index contributed by atoms with van der Waals surface area (Å²) in [6.07, 6.45) is 0. The summed E-state index contributed by atoms with van der Waals surface area (Å²) in [5.74, 6) is 1.31. The fourth-order valence-corrected chi connectivity index (χ4v) is 2.68. The maximum Gasteiger partial charge on any atom is 0.204 e. The number of aromatic nitrogens is 4. The van der Waals surface area contributed by atoms with Crippen LogP contribution in [0.1, 0.15) is 12.5 Å². The Bertz CT molecular complexity index is 810. The second kappa shape index (κ2) is 7.39. The van der Waals surface area contributed by atoms with Gasteiger partial charge in [0, 0.05) is 5.56 Å². The minimum atomic E-state index is -0.278. The first-order valence-electron chi connectivity index (χ1n) is 7.24. The Morgan fingerprint density at radius 3 is 2.62 bits per heavy atom. The normalized spacial score (nSPS) is 10.6. The fourth-order valence-electron chi connectivity index (χ4n) is 2.12. The van der Waals surface area contributed by atoms with E-state index in [9.17, 15) is 4.39 Å². The molecule has 0 aliphatic rings. The smallest absolute Gasteiger partial charge is 0.204 e. The van der Waals surface area contributed by atoms with Crippen LogP contribution < -0.4 is 9.47 Å². The molecular formula is C16H14BrFN4O2. The molecule has 0 unspecified atom stereocenters. The van der Waals surface area contributed by atoms with E-state index in [1.807, 2.05) is 13.0 Å². The number of ether oxygens (including phenoxy) is 2. The molecule has 1 aromatic heterocycles. The highest BCUT2D eigenvalue weighted by atomic mass is 79.9. The summed E-state index contributed by atoms with van der Waals surface area (Å²) in [7, 11) is 0. The molecule has 2 aromatic carbocycles. The third kappa shape index (κ3) is 3.70. The number of halogens is 2. The van der Waals surface area contributed by atoms with Crippen molar-refractivity contribution in [2.24, 2.45) is 0 Å². The van der Waals surface area contributed by atoms with Gasteiger partial charge < -0.3 is 9.47 Å². The van der Waals surface area contributed by atoms with E-state index in [-0.39, 0.29) is 5.82 Å². The largest absolute Gasteiger partial charge is 0.490 e. The van der Waals surface area contributed by atoms with Crippen molar-refractivity contribution in [3.8, 4) is 22.9 Å². The van der Waals surface area contributed by atoms with E-state index < -0.39 is 0 Å². The van der Waals surface area contributed by atoms with Crippen molar-refractivity contribution in [1.29, 1.82) is 0 Å². The third-order valence-electron chi connectivity index (χ3n) is 3.21. The van der Waals surface area contributed by atoms with Crippen LogP contribution in [0.3, 0.4) is 0 Å².